The second kappa shape index (κ2) is 8.08. The van der Waals surface area contributed by atoms with Crippen molar-refractivity contribution in [3.8, 4) is 5.69 Å². The summed E-state index contributed by atoms with van der Waals surface area (Å²) in [5, 5.41) is 23.7. The molecule has 1 aromatic heterocycles. The Morgan fingerprint density at radius 1 is 1.07 bits per heavy atom. The van der Waals surface area contributed by atoms with Crippen LogP contribution < -0.4 is 0 Å². The maximum Gasteiger partial charge on any atom is 0.269 e. The minimum Gasteiger partial charge on any atom is -0.290 e. The zero-order valence-corrected chi connectivity index (χ0v) is 16.4. The second-order valence-electron chi connectivity index (χ2n) is 7.62. The summed E-state index contributed by atoms with van der Waals surface area (Å²) in [5.74, 6) is 0.854. The van der Waals surface area contributed by atoms with Gasteiger partial charge in [-0.3, -0.25) is 15.0 Å². The average molecular weight is 392 g/mol. The van der Waals surface area contributed by atoms with Crippen molar-refractivity contribution in [2.75, 3.05) is 7.05 Å². The van der Waals surface area contributed by atoms with E-state index >= 15 is 0 Å². The third kappa shape index (κ3) is 3.75. The van der Waals surface area contributed by atoms with Crippen LogP contribution in [0.15, 0.2) is 54.6 Å². The number of aromatic nitrogens is 4. The standard InChI is InChI=1S/C21H24N6O2/c1-25(16-17-10-12-19(13-11-17)27(28)29)21(14-6-3-7-15-21)20-22-23-24-26(20)18-8-4-2-5-9-18/h2,4-5,8-13H,3,6-7,14-16H2,1H3. The first-order valence-electron chi connectivity index (χ1n) is 9.89. The summed E-state index contributed by atoms with van der Waals surface area (Å²) < 4.78 is 1.84. The molecule has 0 radical (unpaired) electrons. The first-order valence-corrected chi connectivity index (χ1v) is 9.89. The van der Waals surface area contributed by atoms with Gasteiger partial charge in [-0.15, -0.1) is 5.10 Å². The fraction of sp³-hybridized carbons (Fsp3) is 0.381. The van der Waals surface area contributed by atoms with Crippen molar-refractivity contribution in [2.24, 2.45) is 0 Å². The predicted molar refractivity (Wildman–Crippen MR) is 108 cm³/mol. The van der Waals surface area contributed by atoms with Gasteiger partial charge in [0.25, 0.3) is 5.69 Å². The number of nitro benzene ring substituents is 1. The van der Waals surface area contributed by atoms with Gasteiger partial charge < -0.3 is 0 Å². The lowest BCUT2D eigenvalue weighted by atomic mass is 9.79. The molecule has 2 aromatic carbocycles. The number of nitrogens with zero attached hydrogens (tertiary/aromatic N) is 6. The van der Waals surface area contributed by atoms with Crippen LogP contribution >= 0.6 is 0 Å². The van der Waals surface area contributed by atoms with Gasteiger partial charge in [0, 0.05) is 18.7 Å². The number of tetrazole rings is 1. The fourth-order valence-corrected chi connectivity index (χ4v) is 4.28. The van der Waals surface area contributed by atoms with Gasteiger partial charge in [-0.05, 0) is 48.0 Å². The smallest absolute Gasteiger partial charge is 0.269 e. The molecule has 1 heterocycles. The number of hydrogen-bond donors (Lipinski definition) is 0. The summed E-state index contributed by atoms with van der Waals surface area (Å²) in [4.78, 5) is 12.9. The molecule has 29 heavy (non-hydrogen) atoms. The van der Waals surface area contributed by atoms with Crippen LogP contribution in [0.25, 0.3) is 5.69 Å². The zero-order chi connectivity index (χ0) is 20.3. The Kier molecular flexibility index (Phi) is 5.35. The Morgan fingerprint density at radius 2 is 1.76 bits per heavy atom. The van der Waals surface area contributed by atoms with Crippen LogP contribution in [0.3, 0.4) is 0 Å². The third-order valence-corrected chi connectivity index (χ3v) is 5.86. The molecule has 4 rings (SSSR count). The summed E-state index contributed by atoms with van der Waals surface area (Å²) >= 11 is 0. The Morgan fingerprint density at radius 3 is 2.41 bits per heavy atom. The minimum atomic E-state index is -0.371. The van der Waals surface area contributed by atoms with Crippen molar-refractivity contribution in [3.63, 3.8) is 0 Å². The second-order valence-corrected chi connectivity index (χ2v) is 7.62. The molecule has 0 amide bonds. The molecule has 0 spiro atoms. The zero-order valence-electron chi connectivity index (χ0n) is 16.4. The summed E-state index contributed by atoms with van der Waals surface area (Å²) in [6.45, 7) is 0.666. The lowest BCUT2D eigenvalue weighted by Gasteiger charge is -2.43. The molecule has 1 fully saturated rings. The molecule has 8 heteroatoms. The first-order chi connectivity index (χ1) is 14.1. The summed E-state index contributed by atoms with van der Waals surface area (Å²) in [5.41, 5.74) is 1.80. The Bertz CT molecular complexity index is 964. The van der Waals surface area contributed by atoms with Gasteiger partial charge in [0.1, 0.15) is 0 Å². The van der Waals surface area contributed by atoms with E-state index in [1.54, 1.807) is 12.1 Å². The van der Waals surface area contributed by atoms with E-state index in [4.69, 9.17) is 0 Å². The molecule has 1 aliphatic carbocycles. The normalized spacial score (nSPS) is 16.1. The van der Waals surface area contributed by atoms with Gasteiger partial charge in [0.05, 0.1) is 16.1 Å². The quantitative estimate of drug-likeness (QED) is 0.467. The van der Waals surface area contributed by atoms with Gasteiger partial charge in [0.2, 0.25) is 0 Å². The molecule has 0 bridgehead atoms. The van der Waals surface area contributed by atoms with Gasteiger partial charge in [-0.2, -0.15) is 4.68 Å². The van der Waals surface area contributed by atoms with Crippen LogP contribution in [-0.2, 0) is 12.1 Å². The van der Waals surface area contributed by atoms with E-state index in [1.807, 2.05) is 47.1 Å². The lowest BCUT2D eigenvalue weighted by molar-refractivity contribution is -0.384. The van der Waals surface area contributed by atoms with Crippen LogP contribution in [-0.4, -0.2) is 37.1 Å². The van der Waals surface area contributed by atoms with Gasteiger partial charge >= 0.3 is 0 Å². The van der Waals surface area contributed by atoms with Crippen molar-refractivity contribution >= 4 is 5.69 Å². The maximum atomic E-state index is 10.9. The van der Waals surface area contributed by atoms with E-state index in [-0.39, 0.29) is 16.1 Å². The Labute approximate surface area is 169 Å². The molecule has 8 nitrogen and oxygen atoms in total. The minimum absolute atomic E-state index is 0.108. The molecule has 1 aliphatic rings. The highest BCUT2D eigenvalue weighted by Crippen LogP contribution is 2.41. The van der Waals surface area contributed by atoms with Crippen LogP contribution in [0.1, 0.15) is 43.5 Å². The largest absolute Gasteiger partial charge is 0.290 e. The SMILES string of the molecule is CN(Cc1ccc([N+](=O)[O-])cc1)C1(c2nnnn2-c2ccccc2)CCCCC1. The van der Waals surface area contributed by atoms with Crippen molar-refractivity contribution in [1.29, 1.82) is 0 Å². The molecule has 3 aromatic rings. The lowest BCUT2D eigenvalue weighted by Crippen LogP contribution is -2.46. The van der Waals surface area contributed by atoms with Crippen molar-refractivity contribution < 1.29 is 4.92 Å². The Hall–Kier alpha value is -3.13. The van der Waals surface area contributed by atoms with Crippen LogP contribution in [0.5, 0.6) is 0 Å². The molecule has 0 saturated heterocycles. The topological polar surface area (TPSA) is 90.0 Å². The molecule has 0 unspecified atom stereocenters. The van der Waals surface area contributed by atoms with Crippen molar-refractivity contribution in [2.45, 2.75) is 44.2 Å². The third-order valence-electron chi connectivity index (χ3n) is 5.86. The number of nitro groups is 1. The van der Waals surface area contributed by atoms with Gasteiger partial charge in [-0.25, -0.2) is 0 Å². The number of rotatable bonds is 6. The monoisotopic (exact) mass is 392 g/mol. The highest BCUT2D eigenvalue weighted by atomic mass is 16.6. The van der Waals surface area contributed by atoms with Gasteiger partial charge in [0.15, 0.2) is 5.82 Å². The predicted octanol–water partition coefficient (Wildman–Crippen LogP) is 3.86. The highest BCUT2D eigenvalue weighted by Gasteiger charge is 2.42. The van der Waals surface area contributed by atoms with Crippen molar-refractivity contribution in [3.05, 3.63) is 76.1 Å². The number of non-ortho nitro benzene ring substituents is 1. The summed E-state index contributed by atoms with van der Waals surface area (Å²) in [6.07, 6.45) is 5.39. The average Bonchev–Trinajstić information content (AvgIpc) is 3.26. The van der Waals surface area contributed by atoms with E-state index in [9.17, 15) is 10.1 Å². The Balaban J connectivity index is 1.67. The maximum absolute atomic E-state index is 10.9. The van der Waals surface area contributed by atoms with E-state index in [2.05, 4.69) is 27.5 Å². The van der Waals surface area contributed by atoms with Crippen LogP contribution in [0, 0.1) is 10.1 Å². The van der Waals surface area contributed by atoms with E-state index in [1.165, 1.54) is 6.42 Å². The van der Waals surface area contributed by atoms with Gasteiger partial charge in [-0.1, -0.05) is 49.6 Å². The number of hydrogen-bond acceptors (Lipinski definition) is 6. The summed E-state index contributed by atoms with van der Waals surface area (Å²) in [6, 6.07) is 16.7. The fourth-order valence-electron chi connectivity index (χ4n) is 4.28. The van der Waals surface area contributed by atoms with Crippen LogP contribution in [0.2, 0.25) is 0 Å². The van der Waals surface area contributed by atoms with Crippen LogP contribution in [0.4, 0.5) is 5.69 Å². The van der Waals surface area contributed by atoms with E-state index < -0.39 is 0 Å². The first kappa shape index (κ1) is 19.2. The number of benzene rings is 2. The number of para-hydroxylation sites is 1. The summed E-state index contributed by atoms with van der Waals surface area (Å²) in [7, 11) is 2.09. The molecule has 0 N–H and O–H groups in total. The van der Waals surface area contributed by atoms with E-state index in [0.717, 1.165) is 42.8 Å². The molecular formula is C21H24N6O2. The van der Waals surface area contributed by atoms with Crippen molar-refractivity contribution in [1.82, 2.24) is 25.1 Å². The van der Waals surface area contributed by atoms with E-state index in [0.29, 0.717) is 6.54 Å². The molecule has 0 aliphatic heterocycles. The molecular weight excluding hydrogens is 368 g/mol. The molecule has 1 saturated carbocycles. The molecule has 150 valence electrons. The highest BCUT2D eigenvalue weighted by molar-refractivity contribution is 5.34. The molecule has 0 atom stereocenters.